The Morgan fingerprint density at radius 3 is 2.17 bits per heavy atom. The predicted octanol–water partition coefficient (Wildman–Crippen LogP) is 0.739. The van der Waals surface area contributed by atoms with Crippen LogP contribution in [0.4, 0.5) is 0 Å². The molecular formula is C22H36O7. The molecule has 0 aromatic carbocycles. The van der Waals surface area contributed by atoms with E-state index in [1.54, 1.807) is 27.7 Å². The van der Waals surface area contributed by atoms with E-state index in [9.17, 15) is 30.3 Å². The summed E-state index contributed by atoms with van der Waals surface area (Å²) in [6.07, 6.45) is -0.985. The molecule has 0 amide bonds. The van der Waals surface area contributed by atoms with Crippen LogP contribution in [0, 0.1) is 28.6 Å². The summed E-state index contributed by atoms with van der Waals surface area (Å²) >= 11 is 0. The van der Waals surface area contributed by atoms with Crippen LogP contribution in [0.2, 0.25) is 0 Å². The highest BCUT2D eigenvalue weighted by atomic mass is 16.5. The van der Waals surface area contributed by atoms with Crippen LogP contribution in [0.1, 0.15) is 66.7 Å². The predicted molar refractivity (Wildman–Crippen MR) is 104 cm³/mol. The molecule has 0 aliphatic heterocycles. The lowest BCUT2D eigenvalue weighted by Crippen LogP contribution is -2.60. The minimum absolute atomic E-state index is 0.0988. The standard InChI is InChI=1S/C22H36O7/c1-11(23)29-17-12-6-7-13-20(5,27)14-8-15(24)18(2,3)22(14,28)16(25)9-21(13,17)10-19(12,4)26/h12-17,24-28H,6-10H2,1-5H3/t12-,13?,14?,15+,16-,17-,19-,20-,21+,22+/m1/s1. The van der Waals surface area contributed by atoms with E-state index < -0.39 is 57.8 Å². The third kappa shape index (κ3) is 2.45. The molecular weight excluding hydrogens is 376 g/mol. The molecule has 7 heteroatoms. The van der Waals surface area contributed by atoms with Gasteiger partial charge >= 0.3 is 5.97 Å². The number of fused-ring (bicyclic) bond motifs is 2. The van der Waals surface area contributed by atoms with Crippen molar-refractivity contribution < 1.29 is 35.1 Å². The van der Waals surface area contributed by atoms with Crippen molar-refractivity contribution in [3.05, 3.63) is 0 Å². The van der Waals surface area contributed by atoms with Gasteiger partial charge in [-0.05, 0) is 51.9 Å². The van der Waals surface area contributed by atoms with Gasteiger partial charge in [-0.25, -0.2) is 0 Å². The third-order valence-corrected chi connectivity index (χ3v) is 9.52. The molecule has 4 aliphatic rings. The number of hydrogen-bond acceptors (Lipinski definition) is 7. The average molecular weight is 413 g/mol. The smallest absolute Gasteiger partial charge is 0.302 e. The van der Waals surface area contributed by atoms with E-state index in [2.05, 4.69) is 0 Å². The first-order chi connectivity index (χ1) is 13.1. The van der Waals surface area contributed by atoms with E-state index in [4.69, 9.17) is 4.74 Å². The number of rotatable bonds is 1. The number of aliphatic hydroxyl groups is 5. The van der Waals surface area contributed by atoms with E-state index in [1.807, 2.05) is 0 Å². The Morgan fingerprint density at radius 1 is 0.966 bits per heavy atom. The Hall–Kier alpha value is -0.730. The number of carbonyl (C=O) groups is 1. The average Bonchev–Trinajstić information content (AvgIpc) is 2.80. The number of esters is 1. The topological polar surface area (TPSA) is 127 Å². The second kappa shape index (κ2) is 5.94. The molecule has 10 atom stereocenters. The van der Waals surface area contributed by atoms with Crippen molar-refractivity contribution >= 4 is 5.97 Å². The van der Waals surface area contributed by atoms with Gasteiger partial charge in [0.2, 0.25) is 0 Å². The van der Waals surface area contributed by atoms with Crippen LogP contribution in [0.5, 0.6) is 0 Å². The third-order valence-electron chi connectivity index (χ3n) is 9.52. The summed E-state index contributed by atoms with van der Waals surface area (Å²) in [4.78, 5) is 11.9. The fraction of sp³-hybridized carbons (Fsp3) is 0.955. The molecule has 4 rings (SSSR count). The molecule has 2 unspecified atom stereocenters. The van der Waals surface area contributed by atoms with Crippen molar-refractivity contribution in [1.29, 1.82) is 0 Å². The minimum Gasteiger partial charge on any atom is -0.462 e. The van der Waals surface area contributed by atoms with Gasteiger partial charge in [-0.15, -0.1) is 0 Å². The zero-order valence-corrected chi connectivity index (χ0v) is 18.1. The summed E-state index contributed by atoms with van der Waals surface area (Å²) in [5.41, 5.74) is -6.08. The first-order valence-corrected chi connectivity index (χ1v) is 10.8. The maximum Gasteiger partial charge on any atom is 0.302 e. The van der Waals surface area contributed by atoms with Gasteiger partial charge in [0.05, 0.1) is 23.4 Å². The molecule has 0 heterocycles. The molecule has 0 aromatic heterocycles. The van der Waals surface area contributed by atoms with Crippen LogP contribution in [0.15, 0.2) is 0 Å². The molecule has 0 saturated heterocycles. The van der Waals surface area contributed by atoms with Crippen LogP contribution < -0.4 is 0 Å². The molecule has 4 aliphatic carbocycles. The Morgan fingerprint density at radius 2 is 1.59 bits per heavy atom. The van der Waals surface area contributed by atoms with Gasteiger partial charge in [0, 0.05) is 29.6 Å². The monoisotopic (exact) mass is 412 g/mol. The van der Waals surface area contributed by atoms with Gasteiger partial charge < -0.3 is 30.3 Å². The first kappa shape index (κ1) is 21.5. The summed E-state index contributed by atoms with van der Waals surface area (Å²) in [6.45, 7) is 8.20. The molecule has 7 nitrogen and oxygen atoms in total. The molecule has 4 fully saturated rings. The van der Waals surface area contributed by atoms with Crippen molar-refractivity contribution in [3.63, 3.8) is 0 Å². The second-order valence-corrected chi connectivity index (χ2v) is 11.3. The Bertz CT molecular complexity index is 716. The molecule has 2 bridgehead atoms. The maximum atomic E-state index is 11.9. The summed E-state index contributed by atoms with van der Waals surface area (Å²) in [6, 6.07) is 0. The number of carbonyl (C=O) groups excluding carboxylic acids is 1. The van der Waals surface area contributed by atoms with Crippen LogP contribution in [-0.2, 0) is 9.53 Å². The van der Waals surface area contributed by atoms with Crippen molar-refractivity contribution in [3.8, 4) is 0 Å². The molecule has 29 heavy (non-hydrogen) atoms. The van der Waals surface area contributed by atoms with Crippen LogP contribution in [-0.4, -0.2) is 66.6 Å². The number of hydrogen-bond donors (Lipinski definition) is 5. The van der Waals surface area contributed by atoms with Gasteiger partial charge in [-0.1, -0.05) is 13.8 Å². The van der Waals surface area contributed by atoms with Crippen LogP contribution in [0.25, 0.3) is 0 Å². The van der Waals surface area contributed by atoms with E-state index >= 15 is 0 Å². The second-order valence-electron chi connectivity index (χ2n) is 11.3. The Balaban J connectivity index is 1.90. The zero-order chi connectivity index (χ0) is 21.8. The highest BCUT2D eigenvalue weighted by molar-refractivity contribution is 5.66. The quantitative estimate of drug-likeness (QED) is 0.402. The van der Waals surface area contributed by atoms with Crippen LogP contribution >= 0.6 is 0 Å². The van der Waals surface area contributed by atoms with E-state index in [1.165, 1.54) is 6.92 Å². The Labute approximate surface area is 172 Å². The largest absolute Gasteiger partial charge is 0.462 e. The lowest BCUT2D eigenvalue weighted by atomic mass is 9.57. The molecule has 166 valence electrons. The molecule has 0 radical (unpaired) electrons. The van der Waals surface area contributed by atoms with E-state index in [-0.39, 0.29) is 31.1 Å². The fourth-order valence-electron chi connectivity index (χ4n) is 8.14. The van der Waals surface area contributed by atoms with Gasteiger partial charge in [-0.2, -0.15) is 0 Å². The Kier molecular flexibility index (Phi) is 4.41. The van der Waals surface area contributed by atoms with Gasteiger partial charge in [0.15, 0.2) is 0 Å². The van der Waals surface area contributed by atoms with E-state index in [0.29, 0.717) is 12.8 Å². The minimum atomic E-state index is -1.70. The SMILES string of the molecule is CC(=O)O[C@@H]1[C@H]2CCC3[C@@](C)(O)C4C[C@H](O)C(C)(C)[C@@]4(O)[C@H](O)C[C@]31C[C@@]2(C)O. The number of aliphatic hydroxyl groups excluding tert-OH is 2. The summed E-state index contributed by atoms with van der Waals surface area (Å²) in [5.74, 6) is -1.86. The summed E-state index contributed by atoms with van der Waals surface area (Å²) in [7, 11) is 0. The van der Waals surface area contributed by atoms with E-state index in [0.717, 1.165) is 0 Å². The maximum absolute atomic E-state index is 11.9. The van der Waals surface area contributed by atoms with Gasteiger partial charge in [-0.3, -0.25) is 4.79 Å². The van der Waals surface area contributed by atoms with Gasteiger partial charge in [0.25, 0.3) is 0 Å². The zero-order valence-electron chi connectivity index (χ0n) is 18.1. The molecule has 5 N–H and O–H groups in total. The van der Waals surface area contributed by atoms with Crippen molar-refractivity contribution in [2.45, 2.75) is 102 Å². The molecule has 4 saturated carbocycles. The van der Waals surface area contributed by atoms with Crippen molar-refractivity contribution in [2.75, 3.05) is 0 Å². The summed E-state index contributed by atoms with van der Waals surface area (Å²) in [5, 5.41) is 57.0. The lowest BCUT2D eigenvalue weighted by molar-refractivity contribution is -0.202. The van der Waals surface area contributed by atoms with Crippen LogP contribution in [0.3, 0.4) is 0 Å². The molecule has 1 spiro atoms. The highest BCUT2D eigenvalue weighted by Crippen LogP contribution is 2.70. The van der Waals surface area contributed by atoms with Gasteiger partial charge in [0.1, 0.15) is 11.7 Å². The lowest BCUT2D eigenvalue weighted by Gasteiger charge is -2.51. The summed E-state index contributed by atoms with van der Waals surface area (Å²) < 4.78 is 5.75. The fourth-order valence-corrected chi connectivity index (χ4v) is 8.14. The van der Waals surface area contributed by atoms with Crippen molar-refractivity contribution in [2.24, 2.45) is 28.6 Å². The highest BCUT2D eigenvalue weighted by Gasteiger charge is 2.77. The van der Waals surface area contributed by atoms with Crippen molar-refractivity contribution in [1.82, 2.24) is 0 Å². The normalized spacial score (nSPS) is 58.3. The first-order valence-electron chi connectivity index (χ1n) is 10.8. The molecule has 0 aromatic rings. The number of ether oxygens (including phenoxy) is 1.